The van der Waals surface area contributed by atoms with Gasteiger partial charge in [-0.2, -0.15) is 0 Å². The summed E-state index contributed by atoms with van der Waals surface area (Å²) in [6.45, 7) is 10.1. The normalized spacial score (nSPS) is 13.4. The number of pyridine rings is 1. The number of nitrogens with zero attached hydrogens (tertiary/aromatic N) is 1. The first kappa shape index (κ1) is 15.0. The Kier molecular flexibility index (Phi) is 4.38. The van der Waals surface area contributed by atoms with Gasteiger partial charge in [-0.3, -0.25) is 9.59 Å². The van der Waals surface area contributed by atoms with Crippen LogP contribution in [0.5, 0.6) is 0 Å². The van der Waals surface area contributed by atoms with E-state index in [1.165, 1.54) is 6.07 Å². The van der Waals surface area contributed by atoms with Gasteiger partial charge < -0.3 is 4.57 Å². The summed E-state index contributed by atoms with van der Waals surface area (Å²) in [7, 11) is 0. The van der Waals surface area contributed by atoms with Gasteiger partial charge in [0.2, 0.25) is 0 Å². The maximum absolute atomic E-state index is 12.3. The minimum Gasteiger partial charge on any atom is -0.309 e. The van der Waals surface area contributed by atoms with E-state index in [0.717, 1.165) is 12.1 Å². The number of rotatable bonds is 3. The lowest BCUT2D eigenvalue weighted by atomic mass is 9.90. The summed E-state index contributed by atoms with van der Waals surface area (Å²) in [5.74, 6) is 0. The lowest BCUT2D eigenvalue weighted by molar-refractivity contribution is 0.107. The van der Waals surface area contributed by atoms with Crippen LogP contribution in [0.1, 0.15) is 63.1 Å². The predicted octanol–water partition coefficient (Wildman–Crippen LogP) is 3.50. The van der Waals surface area contributed by atoms with Crippen LogP contribution in [0.15, 0.2) is 16.9 Å². The smallest absolute Gasteiger partial charge is 0.263 e. The minimum absolute atomic E-state index is 0.0442. The number of hydrogen-bond acceptors (Lipinski definition) is 2. The van der Waals surface area contributed by atoms with Gasteiger partial charge in [0.15, 0.2) is 0 Å². The lowest BCUT2D eigenvalue weighted by Crippen LogP contribution is -2.34. The summed E-state index contributed by atoms with van der Waals surface area (Å²) in [6.07, 6.45) is 0.822. The van der Waals surface area contributed by atoms with Crippen molar-refractivity contribution in [3.63, 3.8) is 0 Å². The van der Waals surface area contributed by atoms with Gasteiger partial charge in [-0.25, -0.2) is 0 Å². The van der Waals surface area contributed by atoms with Crippen molar-refractivity contribution in [2.75, 3.05) is 0 Å². The second-order valence-corrected chi connectivity index (χ2v) is 5.93. The average molecular weight is 270 g/mol. The second-order valence-electron chi connectivity index (χ2n) is 5.59. The first-order valence-corrected chi connectivity index (χ1v) is 6.53. The fourth-order valence-corrected chi connectivity index (χ4v) is 2.08. The predicted molar refractivity (Wildman–Crippen MR) is 74.6 cm³/mol. The van der Waals surface area contributed by atoms with Crippen molar-refractivity contribution >= 4 is 16.8 Å². The van der Waals surface area contributed by atoms with Gasteiger partial charge in [-0.1, -0.05) is 27.7 Å². The van der Waals surface area contributed by atoms with Crippen molar-refractivity contribution in [3.8, 4) is 0 Å². The Morgan fingerprint density at radius 1 is 1.39 bits per heavy atom. The summed E-state index contributed by atoms with van der Waals surface area (Å²) in [5, 5.41) is -0.697. The zero-order valence-electron chi connectivity index (χ0n) is 11.6. The van der Waals surface area contributed by atoms with Crippen molar-refractivity contribution in [2.24, 2.45) is 0 Å². The zero-order chi connectivity index (χ0) is 14.1. The van der Waals surface area contributed by atoms with Crippen LogP contribution in [-0.4, -0.2) is 9.81 Å². The highest BCUT2D eigenvalue weighted by Crippen LogP contribution is 2.24. The van der Waals surface area contributed by atoms with Crippen LogP contribution in [0.4, 0.5) is 0 Å². The molecule has 1 aromatic heterocycles. The highest BCUT2D eigenvalue weighted by atomic mass is 35.5. The third-order valence-electron chi connectivity index (χ3n) is 3.13. The average Bonchev–Trinajstić information content (AvgIpc) is 2.25. The molecule has 0 aliphatic rings. The molecule has 100 valence electrons. The van der Waals surface area contributed by atoms with Crippen LogP contribution in [0.2, 0.25) is 0 Å². The molecular formula is C14H20ClNO2. The number of carbonyl (C=O) groups excluding carboxylic acids is 1. The molecule has 0 saturated carbocycles. The van der Waals surface area contributed by atoms with Gasteiger partial charge in [0.1, 0.15) is 0 Å². The first-order valence-electron chi connectivity index (χ1n) is 6.16. The third-order valence-corrected chi connectivity index (χ3v) is 3.33. The molecule has 4 heteroatoms. The standard InChI is InChI=1S/C14H20ClNO2/c1-6-9(2)16-11(14(3,4)5)8-7-10(12(15)17)13(16)18/h7-9H,6H2,1-5H3. The summed E-state index contributed by atoms with van der Waals surface area (Å²) in [5.41, 5.74) is 0.515. The summed E-state index contributed by atoms with van der Waals surface area (Å²) >= 11 is 5.44. The number of aromatic nitrogens is 1. The maximum Gasteiger partial charge on any atom is 0.263 e. The molecule has 0 aromatic carbocycles. The van der Waals surface area contributed by atoms with Crippen LogP contribution < -0.4 is 5.56 Å². The van der Waals surface area contributed by atoms with Gasteiger partial charge in [0.05, 0.1) is 5.56 Å². The Hall–Kier alpha value is -1.09. The minimum atomic E-state index is -0.697. The Morgan fingerprint density at radius 3 is 2.33 bits per heavy atom. The van der Waals surface area contributed by atoms with E-state index in [9.17, 15) is 9.59 Å². The van der Waals surface area contributed by atoms with E-state index >= 15 is 0 Å². The molecule has 1 aromatic rings. The zero-order valence-corrected chi connectivity index (χ0v) is 12.3. The fraction of sp³-hybridized carbons (Fsp3) is 0.571. The molecule has 0 amide bonds. The lowest BCUT2D eigenvalue weighted by Gasteiger charge is -2.27. The molecule has 1 rings (SSSR count). The van der Waals surface area contributed by atoms with Crippen LogP contribution in [0, 0.1) is 0 Å². The topological polar surface area (TPSA) is 39.1 Å². The van der Waals surface area contributed by atoms with Crippen molar-refractivity contribution in [3.05, 3.63) is 33.7 Å². The molecular weight excluding hydrogens is 250 g/mol. The molecule has 0 bridgehead atoms. The van der Waals surface area contributed by atoms with Crippen molar-refractivity contribution < 1.29 is 4.79 Å². The number of halogens is 1. The summed E-state index contributed by atoms with van der Waals surface area (Å²) < 4.78 is 1.69. The van der Waals surface area contributed by atoms with Crippen LogP contribution in [0.3, 0.4) is 0 Å². The van der Waals surface area contributed by atoms with Crippen LogP contribution in [-0.2, 0) is 5.41 Å². The molecule has 18 heavy (non-hydrogen) atoms. The van der Waals surface area contributed by atoms with Crippen molar-refractivity contribution in [2.45, 2.75) is 52.5 Å². The van der Waals surface area contributed by atoms with Crippen LogP contribution >= 0.6 is 11.6 Å². The number of carbonyl (C=O) groups is 1. The Labute approximate surface area is 113 Å². The quantitative estimate of drug-likeness (QED) is 0.788. The van der Waals surface area contributed by atoms with E-state index in [4.69, 9.17) is 11.6 Å². The highest BCUT2D eigenvalue weighted by Gasteiger charge is 2.23. The molecule has 3 nitrogen and oxygen atoms in total. The maximum atomic E-state index is 12.3. The van der Waals surface area contributed by atoms with E-state index in [-0.39, 0.29) is 22.6 Å². The van der Waals surface area contributed by atoms with Gasteiger partial charge >= 0.3 is 0 Å². The fourth-order valence-electron chi connectivity index (χ4n) is 1.93. The monoisotopic (exact) mass is 269 g/mol. The molecule has 0 aliphatic heterocycles. The third kappa shape index (κ3) is 2.83. The first-order chi connectivity index (χ1) is 8.20. The van der Waals surface area contributed by atoms with Gasteiger partial charge in [0.25, 0.3) is 10.8 Å². The second kappa shape index (κ2) is 5.27. The van der Waals surface area contributed by atoms with Crippen molar-refractivity contribution in [1.82, 2.24) is 4.57 Å². The SMILES string of the molecule is CCC(C)n1c(C(C)(C)C)ccc(C(=O)Cl)c1=O. The van der Waals surface area contributed by atoms with Crippen LogP contribution in [0.25, 0.3) is 0 Å². The van der Waals surface area contributed by atoms with Gasteiger partial charge in [0, 0.05) is 17.2 Å². The largest absolute Gasteiger partial charge is 0.309 e. The van der Waals surface area contributed by atoms with E-state index < -0.39 is 5.24 Å². The molecule has 0 aliphatic carbocycles. The number of hydrogen-bond donors (Lipinski definition) is 0. The molecule has 1 heterocycles. The molecule has 0 radical (unpaired) electrons. The van der Waals surface area contributed by atoms with E-state index in [1.54, 1.807) is 4.57 Å². The van der Waals surface area contributed by atoms with E-state index in [0.29, 0.717) is 0 Å². The molecule has 0 N–H and O–H groups in total. The molecule has 1 unspecified atom stereocenters. The summed E-state index contributed by atoms with van der Waals surface area (Å²) in [4.78, 5) is 23.6. The summed E-state index contributed by atoms with van der Waals surface area (Å²) in [6, 6.07) is 3.39. The Bertz CT molecular complexity index is 512. The highest BCUT2D eigenvalue weighted by molar-refractivity contribution is 6.67. The van der Waals surface area contributed by atoms with Gasteiger partial charge in [-0.15, -0.1) is 0 Å². The molecule has 0 fully saturated rings. The Balaban J connectivity index is 3.63. The van der Waals surface area contributed by atoms with E-state index in [1.807, 2.05) is 40.7 Å². The van der Waals surface area contributed by atoms with Crippen molar-refractivity contribution in [1.29, 1.82) is 0 Å². The Morgan fingerprint density at radius 2 is 1.94 bits per heavy atom. The molecule has 0 saturated heterocycles. The molecule has 1 atom stereocenters. The van der Waals surface area contributed by atoms with E-state index in [2.05, 4.69) is 0 Å². The molecule has 0 spiro atoms. The van der Waals surface area contributed by atoms with Gasteiger partial charge in [-0.05, 0) is 37.1 Å².